The predicted octanol–water partition coefficient (Wildman–Crippen LogP) is 13.6. The van der Waals surface area contributed by atoms with Gasteiger partial charge in [-0.05, 0) is 185 Å². The van der Waals surface area contributed by atoms with Crippen LogP contribution >= 0.6 is 11.3 Å². The first-order valence-electron chi connectivity index (χ1n) is 35.3. The van der Waals surface area contributed by atoms with Crippen molar-refractivity contribution in [3.8, 4) is 63.5 Å². The summed E-state index contributed by atoms with van der Waals surface area (Å²) < 4.78 is 28.2. The number of methoxy groups -OCH3 is 1. The summed E-state index contributed by atoms with van der Waals surface area (Å²) in [7, 11) is 5.96. The van der Waals surface area contributed by atoms with Crippen LogP contribution in [0.2, 0.25) is 0 Å². The van der Waals surface area contributed by atoms with Crippen molar-refractivity contribution in [3.63, 3.8) is 0 Å². The standard InChI is InChI=1S/C28H29N5O3.C27H28N6O3S.C26H26N6O2/c1-2-6-24(34)32-17-14-19(15-18-32)23-13-16-30-28-25(27(29)35)26(31-33(23)28)20-9-11-22(12-10-20)36-21-7-4-3-5-8-21;1-4-24(34)28-18-6-5-7-20(16-18)36-26-25-22(10-15-37-25)30-27(31-26)29-21-9-8-19(17-23(21)35-3)33-13-11-32(2)12-14-33;1-3-23(33)19-6-4-7-22(18-19)34-24-8-5-13-32-25(24)28-26(29-32)27-20-9-11-21(12-10-20)31-16-14-30(2)15-17-31/h3-5,7-12,19,23,30H,13-18H2,1H3,(H2,29,35);4-10,15-17H,1,11-14H2,2-3H3,(H,28,34)(H,29,30,31);3-13,18H,1,14-17H2,2H3,(H,27,29)/t23-;;/m0../s1. The molecule has 4 aliphatic heterocycles. The Labute approximate surface area is 624 Å². The van der Waals surface area contributed by atoms with Crippen LogP contribution in [0.25, 0.3) is 27.1 Å². The van der Waals surface area contributed by atoms with Gasteiger partial charge in [0.05, 0.1) is 24.4 Å². The molecule has 4 aliphatic rings. The number of hydrogen-bond donors (Lipinski definition) is 5. The number of pyridine rings is 1. The van der Waals surface area contributed by atoms with E-state index in [0.717, 1.165) is 117 Å². The maximum absolute atomic E-state index is 12.5. The molecule has 11 aromatic rings. The second-order valence-corrected chi connectivity index (χ2v) is 26.9. The van der Waals surface area contributed by atoms with Gasteiger partial charge in [0, 0.05) is 124 Å². The summed E-state index contributed by atoms with van der Waals surface area (Å²) in [6.07, 6.45) is 6.95. The lowest BCUT2D eigenvalue weighted by molar-refractivity contribution is -0.126. The lowest BCUT2D eigenvalue weighted by Gasteiger charge is -2.37. The number of nitrogens with one attached hydrogen (secondary N) is 4. The number of carbonyl (C=O) groups excluding carboxylic acids is 4. The average Bonchev–Trinajstić information content (AvgIpc) is 1.61. The van der Waals surface area contributed by atoms with Crippen LogP contribution in [0.4, 0.5) is 46.2 Å². The van der Waals surface area contributed by atoms with E-state index in [4.69, 9.17) is 29.8 Å². The molecular weight excluding hydrogens is 1370 g/mol. The summed E-state index contributed by atoms with van der Waals surface area (Å²) in [5.74, 6) is 10.3. The summed E-state index contributed by atoms with van der Waals surface area (Å²) in [6.45, 7) is 19.0. The molecule has 5 aromatic heterocycles. The molecule has 6 N–H and O–H groups in total. The van der Waals surface area contributed by atoms with Crippen molar-refractivity contribution in [2.24, 2.45) is 11.7 Å². The van der Waals surface area contributed by atoms with Gasteiger partial charge in [0.1, 0.15) is 50.5 Å². The highest BCUT2D eigenvalue weighted by Crippen LogP contribution is 2.42. The summed E-state index contributed by atoms with van der Waals surface area (Å²) in [6, 6.07) is 51.3. The van der Waals surface area contributed by atoms with E-state index in [2.05, 4.69) is 118 Å². The van der Waals surface area contributed by atoms with E-state index in [0.29, 0.717) is 99.5 Å². The normalized spacial score (nSPS) is 15.1. The molecule has 3 fully saturated rings. The number of piperazine rings is 2. The van der Waals surface area contributed by atoms with E-state index < -0.39 is 5.91 Å². The highest BCUT2D eigenvalue weighted by molar-refractivity contribution is 7.17. The first-order chi connectivity index (χ1) is 52.1. The number of fused-ring (bicyclic) bond motifs is 3. The van der Waals surface area contributed by atoms with E-state index in [-0.39, 0.29) is 23.6 Å². The molecule has 3 saturated heterocycles. The number of likely N-dealkylation sites (tertiary alicyclic amines) is 1. The third-order valence-corrected chi connectivity index (χ3v) is 19.7. The Morgan fingerprint density at radius 2 is 1.33 bits per heavy atom. The second-order valence-electron chi connectivity index (χ2n) is 26.0. The molecule has 0 bridgehead atoms. The first kappa shape index (κ1) is 72.8. The van der Waals surface area contributed by atoms with Gasteiger partial charge in [-0.1, -0.05) is 55.5 Å². The highest BCUT2D eigenvalue weighted by Gasteiger charge is 2.36. The lowest BCUT2D eigenvalue weighted by Crippen LogP contribution is -2.44. The van der Waals surface area contributed by atoms with Gasteiger partial charge < -0.3 is 70.4 Å². The molecule has 15 rings (SSSR count). The SMILES string of the molecule is C=CC(=O)Nc1cccc(Oc2nc(Nc3ccc(N4CCN(C)CC4)cc3OC)nc3ccsc23)c1.C=CC(=O)c1cccc(Oc2cccn3nc(Nc4ccc(N5CCN(C)CC5)cc4)nc23)c1.CC#CC(=O)N1CCC([C@@H]2CCNc3c(C(N)=O)c(-c4ccc(Oc5ccccc5)cc4)nn32)CC1. The molecule has 9 heterocycles. The number of ketones is 1. The molecule has 25 nitrogen and oxygen atoms in total. The number of amides is 3. The van der Waals surface area contributed by atoms with Crippen molar-refractivity contribution in [2.75, 3.05) is 124 Å². The Kier molecular flexibility index (Phi) is 23.1. The Morgan fingerprint density at radius 1 is 0.636 bits per heavy atom. The number of allylic oxidation sites excluding steroid dienone is 1. The number of ether oxygens (including phenoxy) is 4. The molecule has 0 radical (unpaired) electrons. The molecule has 0 aliphatic carbocycles. The van der Waals surface area contributed by atoms with E-state index in [9.17, 15) is 19.2 Å². The number of nitrogens with zero attached hydrogens (tertiary/aromatic N) is 12. The third kappa shape index (κ3) is 17.8. The smallest absolute Gasteiger partial charge is 0.298 e. The first-order valence-corrected chi connectivity index (χ1v) is 36.2. The van der Waals surface area contributed by atoms with Gasteiger partial charge in [0.2, 0.25) is 23.7 Å². The molecule has 0 spiro atoms. The lowest BCUT2D eigenvalue weighted by atomic mass is 9.87. The van der Waals surface area contributed by atoms with Crippen molar-refractivity contribution >= 4 is 96.9 Å². The van der Waals surface area contributed by atoms with Gasteiger partial charge in [0.15, 0.2) is 17.2 Å². The number of nitrogens with two attached hydrogens (primary N) is 1. The third-order valence-electron chi connectivity index (χ3n) is 18.8. The zero-order valence-corrected chi connectivity index (χ0v) is 60.8. The highest BCUT2D eigenvalue weighted by atomic mass is 32.1. The molecule has 0 unspecified atom stereocenters. The minimum absolute atomic E-state index is 0.112. The Balaban J connectivity index is 0.000000142. The number of likely N-dealkylation sites (N-methyl/N-ethyl adjacent to an activating group) is 2. The quantitative estimate of drug-likeness (QED) is 0.0269. The summed E-state index contributed by atoms with van der Waals surface area (Å²) in [4.78, 5) is 73.5. The van der Waals surface area contributed by atoms with E-state index in [1.165, 1.54) is 29.2 Å². The summed E-state index contributed by atoms with van der Waals surface area (Å²) in [5.41, 5.74) is 14.1. The molecular formula is C81H83N17O8S. The average molecular weight is 1450 g/mol. The molecule has 546 valence electrons. The number of para-hydroxylation sites is 1. The number of anilines is 8. The fourth-order valence-corrected chi connectivity index (χ4v) is 13.9. The van der Waals surface area contributed by atoms with Gasteiger partial charge in [0.25, 0.3) is 11.8 Å². The van der Waals surface area contributed by atoms with Crippen LogP contribution in [-0.2, 0) is 9.59 Å². The predicted molar refractivity (Wildman–Crippen MR) is 420 cm³/mol. The van der Waals surface area contributed by atoms with E-state index in [1.807, 2.05) is 118 Å². The fraction of sp³-hybridized carbons (Fsp3) is 0.247. The van der Waals surface area contributed by atoms with Crippen molar-refractivity contribution in [3.05, 3.63) is 212 Å². The van der Waals surface area contributed by atoms with Crippen molar-refractivity contribution in [1.82, 2.24) is 49.0 Å². The van der Waals surface area contributed by atoms with Gasteiger partial charge in [-0.25, -0.2) is 14.2 Å². The molecule has 26 heteroatoms. The van der Waals surface area contributed by atoms with Gasteiger partial charge in [-0.2, -0.15) is 15.1 Å². The number of hydrogen-bond acceptors (Lipinski definition) is 21. The topological polar surface area (TPSA) is 269 Å². The molecule has 0 saturated carbocycles. The van der Waals surface area contributed by atoms with E-state index >= 15 is 0 Å². The fourth-order valence-electron chi connectivity index (χ4n) is 13.1. The largest absolute Gasteiger partial charge is 0.494 e. The zero-order chi connectivity index (χ0) is 74.3. The number of carbonyl (C=O) groups is 4. The van der Waals surface area contributed by atoms with Crippen LogP contribution in [-0.4, -0.2) is 166 Å². The van der Waals surface area contributed by atoms with Crippen LogP contribution in [0, 0.1) is 17.8 Å². The monoisotopic (exact) mass is 1450 g/mol. The molecule has 1 atom stereocenters. The number of thiophene rings is 1. The number of primary amides is 1. The molecule has 3 amide bonds. The second kappa shape index (κ2) is 33.9. The number of aromatic nitrogens is 7. The van der Waals surface area contributed by atoms with Crippen LogP contribution < -0.4 is 55.7 Å². The van der Waals surface area contributed by atoms with Crippen molar-refractivity contribution in [1.29, 1.82) is 0 Å². The molecule has 107 heavy (non-hydrogen) atoms. The Morgan fingerprint density at radius 3 is 2.03 bits per heavy atom. The minimum Gasteiger partial charge on any atom is -0.494 e. The van der Waals surface area contributed by atoms with Crippen LogP contribution in [0.15, 0.2) is 201 Å². The minimum atomic E-state index is -0.512. The van der Waals surface area contributed by atoms with Gasteiger partial charge in [-0.3, -0.25) is 19.2 Å². The van der Waals surface area contributed by atoms with Crippen LogP contribution in [0.3, 0.4) is 0 Å². The number of piperidine rings is 1. The maximum Gasteiger partial charge on any atom is 0.298 e. The zero-order valence-electron chi connectivity index (χ0n) is 60.0. The maximum atomic E-state index is 12.5. The summed E-state index contributed by atoms with van der Waals surface area (Å²) >= 11 is 1.50. The number of benzene rings is 6. The van der Waals surface area contributed by atoms with Crippen molar-refractivity contribution in [2.45, 2.75) is 32.2 Å². The Hall–Kier alpha value is -12.6. The number of rotatable bonds is 20. The van der Waals surface area contributed by atoms with E-state index in [1.54, 1.807) is 67.1 Å². The molecule has 6 aromatic carbocycles. The van der Waals surface area contributed by atoms with Gasteiger partial charge in [-0.15, -0.1) is 16.4 Å². The summed E-state index contributed by atoms with van der Waals surface area (Å²) in [5, 5.41) is 24.0. The van der Waals surface area contributed by atoms with Crippen molar-refractivity contribution < 1.29 is 38.1 Å². The van der Waals surface area contributed by atoms with Crippen LogP contribution in [0.1, 0.15) is 52.9 Å². The van der Waals surface area contributed by atoms with Crippen LogP contribution in [0.5, 0.6) is 40.4 Å². The van der Waals surface area contributed by atoms with Gasteiger partial charge >= 0.3 is 0 Å². The Bertz CT molecular complexity index is 5070.